The number of carbonyl (C=O) groups excluding carboxylic acids is 1. The van der Waals surface area contributed by atoms with E-state index in [1.807, 2.05) is 42.5 Å². The van der Waals surface area contributed by atoms with Crippen molar-refractivity contribution in [3.8, 4) is 0 Å². The Morgan fingerprint density at radius 2 is 1.88 bits per heavy atom. The Morgan fingerprint density at radius 3 is 2.71 bits per heavy atom. The molecular weight excluding hydrogens is 318 g/mol. The molecule has 0 saturated carbocycles. The Morgan fingerprint density at radius 1 is 1.08 bits per heavy atom. The number of nitrogens with one attached hydrogen (secondary N) is 2. The van der Waals surface area contributed by atoms with Crippen LogP contribution in [-0.2, 0) is 11.2 Å². The molecule has 0 unspecified atom stereocenters. The van der Waals surface area contributed by atoms with Crippen LogP contribution in [0.3, 0.4) is 0 Å². The summed E-state index contributed by atoms with van der Waals surface area (Å²) in [5.74, 6) is 1.05. The molecule has 0 fully saturated rings. The van der Waals surface area contributed by atoms with Gasteiger partial charge in [-0.05, 0) is 30.5 Å². The fraction of sp³-hybridized carbons (Fsp3) is 0.263. The molecule has 1 heterocycles. The van der Waals surface area contributed by atoms with E-state index in [2.05, 4.69) is 27.4 Å². The summed E-state index contributed by atoms with van der Waals surface area (Å²) in [7, 11) is 0. The van der Waals surface area contributed by atoms with Crippen LogP contribution in [0.4, 0.5) is 0 Å². The summed E-state index contributed by atoms with van der Waals surface area (Å²) in [6, 6.07) is 18.1. The molecule has 5 heteroatoms. The molecule has 3 aromatic rings. The molecule has 124 valence electrons. The number of aryl methyl sites for hydroxylation is 1. The maximum Gasteiger partial charge on any atom is 0.220 e. The number of imidazole rings is 1. The first-order valence-corrected chi connectivity index (χ1v) is 9.18. The van der Waals surface area contributed by atoms with Gasteiger partial charge in [0.25, 0.3) is 0 Å². The number of rotatable bonds is 8. The molecule has 2 N–H and O–H groups in total. The third-order valence-electron chi connectivity index (χ3n) is 3.73. The van der Waals surface area contributed by atoms with E-state index in [1.54, 1.807) is 11.8 Å². The highest BCUT2D eigenvalue weighted by Crippen LogP contribution is 2.19. The van der Waals surface area contributed by atoms with Crippen molar-refractivity contribution in [1.82, 2.24) is 15.3 Å². The number of para-hydroxylation sites is 2. The van der Waals surface area contributed by atoms with Gasteiger partial charge in [-0.3, -0.25) is 4.79 Å². The van der Waals surface area contributed by atoms with Gasteiger partial charge >= 0.3 is 0 Å². The first-order chi connectivity index (χ1) is 11.8. The van der Waals surface area contributed by atoms with E-state index < -0.39 is 0 Å². The molecule has 0 bridgehead atoms. The molecule has 0 atom stereocenters. The highest BCUT2D eigenvalue weighted by molar-refractivity contribution is 7.99. The van der Waals surface area contributed by atoms with Gasteiger partial charge in [-0.15, -0.1) is 0 Å². The fourth-order valence-corrected chi connectivity index (χ4v) is 3.28. The molecule has 0 aliphatic rings. The monoisotopic (exact) mass is 339 g/mol. The van der Waals surface area contributed by atoms with Crippen LogP contribution < -0.4 is 5.32 Å². The molecule has 1 aromatic heterocycles. The summed E-state index contributed by atoms with van der Waals surface area (Å²) in [5.41, 5.74) is 3.26. The van der Waals surface area contributed by atoms with E-state index in [0.717, 1.165) is 34.8 Å². The van der Waals surface area contributed by atoms with Crippen LogP contribution in [0.25, 0.3) is 11.0 Å². The lowest BCUT2D eigenvalue weighted by Crippen LogP contribution is -2.24. The molecule has 0 saturated heterocycles. The van der Waals surface area contributed by atoms with Gasteiger partial charge < -0.3 is 10.3 Å². The van der Waals surface area contributed by atoms with E-state index >= 15 is 0 Å². The summed E-state index contributed by atoms with van der Waals surface area (Å²) in [5, 5.41) is 3.92. The number of aromatic amines is 1. The number of benzene rings is 2. The van der Waals surface area contributed by atoms with Crippen LogP contribution in [0.15, 0.2) is 59.8 Å². The van der Waals surface area contributed by atoms with E-state index in [0.29, 0.717) is 13.0 Å². The van der Waals surface area contributed by atoms with Crippen LogP contribution in [0.2, 0.25) is 0 Å². The Bertz CT molecular complexity index is 752. The second-order valence-corrected chi connectivity index (χ2v) is 6.68. The van der Waals surface area contributed by atoms with Crippen molar-refractivity contribution in [1.29, 1.82) is 0 Å². The lowest BCUT2D eigenvalue weighted by atomic mass is 10.1. The molecule has 0 aliphatic heterocycles. The molecule has 1 amide bonds. The highest BCUT2D eigenvalue weighted by Gasteiger charge is 2.04. The molecule has 0 radical (unpaired) electrons. The third kappa shape index (κ3) is 4.86. The summed E-state index contributed by atoms with van der Waals surface area (Å²) in [6.07, 6.45) is 2.26. The van der Waals surface area contributed by atoms with Crippen molar-refractivity contribution in [3.05, 3.63) is 60.2 Å². The van der Waals surface area contributed by atoms with Crippen LogP contribution in [0, 0.1) is 0 Å². The minimum atomic E-state index is 0.118. The summed E-state index contributed by atoms with van der Waals surface area (Å²) >= 11 is 1.69. The summed E-state index contributed by atoms with van der Waals surface area (Å²) < 4.78 is 0. The smallest absolute Gasteiger partial charge is 0.220 e. The minimum Gasteiger partial charge on any atom is -0.356 e. The number of aromatic nitrogens is 2. The largest absolute Gasteiger partial charge is 0.356 e. The average Bonchev–Trinajstić information content (AvgIpc) is 3.03. The molecule has 0 aliphatic carbocycles. The second-order valence-electron chi connectivity index (χ2n) is 5.60. The average molecular weight is 339 g/mol. The number of H-pyrrole nitrogens is 1. The van der Waals surface area contributed by atoms with Crippen molar-refractivity contribution < 1.29 is 4.79 Å². The third-order valence-corrected chi connectivity index (χ3v) is 4.69. The number of nitrogens with zero attached hydrogens (tertiary/aromatic N) is 1. The SMILES string of the molecule is O=C(CCc1ccccc1)NCCCSc1nc2ccccc2[nH]1. The minimum absolute atomic E-state index is 0.118. The fourth-order valence-electron chi connectivity index (χ4n) is 2.46. The number of thioether (sulfide) groups is 1. The summed E-state index contributed by atoms with van der Waals surface area (Å²) in [4.78, 5) is 19.7. The van der Waals surface area contributed by atoms with Crippen molar-refractivity contribution in [2.75, 3.05) is 12.3 Å². The van der Waals surface area contributed by atoms with Crippen LogP contribution >= 0.6 is 11.8 Å². The van der Waals surface area contributed by atoms with Crippen molar-refractivity contribution in [2.24, 2.45) is 0 Å². The van der Waals surface area contributed by atoms with E-state index in [9.17, 15) is 4.79 Å². The normalized spacial score (nSPS) is 10.8. The van der Waals surface area contributed by atoms with Crippen molar-refractivity contribution >= 4 is 28.7 Å². The number of hydrogen-bond donors (Lipinski definition) is 2. The molecular formula is C19H21N3OS. The Balaban J connectivity index is 1.31. The van der Waals surface area contributed by atoms with Crippen molar-refractivity contribution in [3.63, 3.8) is 0 Å². The van der Waals surface area contributed by atoms with Gasteiger partial charge in [-0.1, -0.05) is 54.2 Å². The molecule has 3 rings (SSSR count). The number of fused-ring (bicyclic) bond motifs is 1. The van der Waals surface area contributed by atoms with Crippen LogP contribution in [0.5, 0.6) is 0 Å². The van der Waals surface area contributed by atoms with Gasteiger partial charge in [0.1, 0.15) is 0 Å². The van der Waals surface area contributed by atoms with Gasteiger partial charge in [-0.25, -0.2) is 4.98 Å². The second kappa shape index (κ2) is 8.55. The van der Waals surface area contributed by atoms with Crippen LogP contribution in [-0.4, -0.2) is 28.2 Å². The van der Waals surface area contributed by atoms with Crippen molar-refractivity contribution in [2.45, 2.75) is 24.4 Å². The van der Waals surface area contributed by atoms with Gasteiger partial charge in [0, 0.05) is 18.7 Å². The topological polar surface area (TPSA) is 57.8 Å². The van der Waals surface area contributed by atoms with E-state index in [1.165, 1.54) is 5.56 Å². The Kier molecular flexibility index (Phi) is 5.90. The highest BCUT2D eigenvalue weighted by atomic mass is 32.2. The molecule has 24 heavy (non-hydrogen) atoms. The lowest BCUT2D eigenvalue weighted by molar-refractivity contribution is -0.121. The summed E-state index contributed by atoms with van der Waals surface area (Å²) in [6.45, 7) is 0.709. The zero-order chi connectivity index (χ0) is 16.6. The predicted octanol–water partition coefficient (Wildman–Crippen LogP) is 3.79. The van der Waals surface area contributed by atoms with E-state index in [-0.39, 0.29) is 5.91 Å². The number of carbonyl (C=O) groups is 1. The van der Waals surface area contributed by atoms with Gasteiger partial charge in [0.2, 0.25) is 5.91 Å². The maximum atomic E-state index is 11.8. The Labute approximate surface area is 146 Å². The van der Waals surface area contributed by atoms with Gasteiger partial charge in [0.05, 0.1) is 11.0 Å². The first-order valence-electron chi connectivity index (χ1n) is 8.19. The molecule has 0 spiro atoms. The standard InChI is InChI=1S/C19H21N3OS/c23-18(12-11-15-7-2-1-3-8-15)20-13-6-14-24-19-21-16-9-4-5-10-17(16)22-19/h1-5,7-10H,6,11-14H2,(H,20,23)(H,21,22). The van der Waals surface area contributed by atoms with Crippen LogP contribution in [0.1, 0.15) is 18.4 Å². The maximum absolute atomic E-state index is 11.8. The number of hydrogen-bond acceptors (Lipinski definition) is 3. The predicted molar refractivity (Wildman–Crippen MR) is 99.2 cm³/mol. The molecule has 2 aromatic carbocycles. The van der Waals surface area contributed by atoms with Gasteiger partial charge in [0.15, 0.2) is 5.16 Å². The van der Waals surface area contributed by atoms with E-state index in [4.69, 9.17) is 0 Å². The number of amides is 1. The van der Waals surface area contributed by atoms with Gasteiger partial charge in [-0.2, -0.15) is 0 Å². The zero-order valence-electron chi connectivity index (χ0n) is 13.5. The molecule has 4 nitrogen and oxygen atoms in total. The zero-order valence-corrected chi connectivity index (χ0v) is 14.3. The quantitative estimate of drug-likeness (QED) is 0.485. The lowest BCUT2D eigenvalue weighted by Gasteiger charge is -2.05. The Hall–Kier alpha value is -2.27. The first kappa shape index (κ1) is 16.6.